The van der Waals surface area contributed by atoms with Crippen molar-refractivity contribution >= 4 is 5.91 Å². The predicted molar refractivity (Wildman–Crippen MR) is 85.3 cm³/mol. The zero-order valence-electron chi connectivity index (χ0n) is 13.5. The Morgan fingerprint density at radius 2 is 1.95 bits per heavy atom. The molecule has 5 nitrogen and oxygen atoms in total. The van der Waals surface area contributed by atoms with E-state index in [1.807, 2.05) is 20.2 Å². The highest BCUT2D eigenvalue weighted by Crippen LogP contribution is 2.16. The van der Waals surface area contributed by atoms with Gasteiger partial charge in [-0.1, -0.05) is 19.9 Å². The van der Waals surface area contributed by atoms with Crippen LogP contribution in [0, 0.1) is 5.92 Å². The number of hydrogen-bond donors (Lipinski definition) is 1. The van der Waals surface area contributed by atoms with Crippen molar-refractivity contribution in [1.29, 1.82) is 0 Å². The van der Waals surface area contributed by atoms with Crippen molar-refractivity contribution in [3.8, 4) is 0 Å². The van der Waals surface area contributed by atoms with Crippen LogP contribution in [0.3, 0.4) is 0 Å². The molecule has 5 heteroatoms. The Kier molecular flexibility index (Phi) is 6.62. The summed E-state index contributed by atoms with van der Waals surface area (Å²) in [5, 5.41) is 0. The molecule has 118 valence electrons. The van der Waals surface area contributed by atoms with Gasteiger partial charge in [0.1, 0.15) is 6.04 Å². The van der Waals surface area contributed by atoms with E-state index in [1.54, 1.807) is 6.20 Å². The van der Waals surface area contributed by atoms with Gasteiger partial charge in [-0.2, -0.15) is 0 Å². The average Bonchev–Trinajstić information content (AvgIpc) is 2.38. The van der Waals surface area contributed by atoms with Crippen molar-refractivity contribution in [2.24, 2.45) is 11.7 Å². The van der Waals surface area contributed by atoms with Crippen LogP contribution < -0.4 is 11.3 Å². The number of nitrogens with zero attached hydrogens (tertiary/aromatic N) is 2. The van der Waals surface area contributed by atoms with Crippen LogP contribution in [0.2, 0.25) is 0 Å². The maximum atomic E-state index is 12.0. The van der Waals surface area contributed by atoms with Gasteiger partial charge in [-0.05, 0) is 44.8 Å². The van der Waals surface area contributed by atoms with Crippen LogP contribution in [-0.2, 0) is 11.2 Å². The molecule has 0 saturated carbocycles. The van der Waals surface area contributed by atoms with Crippen LogP contribution >= 0.6 is 0 Å². The van der Waals surface area contributed by atoms with E-state index in [0.717, 1.165) is 24.9 Å². The highest BCUT2D eigenvalue weighted by Gasteiger charge is 2.19. The van der Waals surface area contributed by atoms with Gasteiger partial charge in [-0.25, -0.2) is 0 Å². The monoisotopic (exact) mass is 293 g/mol. The first-order valence-corrected chi connectivity index (χ1v) is 7.46. The second kappa shape index (κ2) is 7.98. The molecule has 0 radical (unpaired) electrons. The topological polar surface area (TPSA) is 68.3 Å². The number of carbonyl (C=O) groups excluding carboxylic acids is 1. The highest BCUT2D eigenvalue weighted by molar-refractivity contribution is 5.78. The zero-order valence-corrected chi connectivity index (χ0v) is 13.5. The Balaban J connectivity index is 2.98. The van der Waals surface area contributed by atoms with E-state index in [-0.39, 0.29) is 5.56 Å². The molecule has 1 aromatic rings. The van der Waals surface area contributed by atoms with Crippen molar-refractivity contribution in [2.75, 3.05) is 20.6 Å². The molecule has 0 aliphatic heterocycles. The van der Waals surface area contributed by atoms with Gasteiger partial charge in [0.2, 0.25) is 5.91 Å². The Hall–Kier alpha value is -1.62. The largest absolute Gasteiger partial charge is 0.368 e. The summed E-state index contributed by atoms with van der Waals surface area (Å²) in [6.45, 7) is 5.08. The van der Waals surface area contributed by atoms with E-state index in [2.05, 4.69) is 18.7 Å². The van der Waals surface area contributed by atoms with Gasteiger partial charge in [-0.15, -0.1) is 0 Å². The minimum absolute atomic E-state index is 0.170. The molecule has 1 aromatic heterocycles. The van der Waals surface area contributed by atoms with Crippen molar-refractivity contribution in [2.45, 2.75) is 39.2 Å². The predicted octanol–water partition coefficient (Wildman–Crippen LogP) is 1.41. The number of amides is 1. The second-order valence-electron chi connectivity index (χ2n) is 6.23. The van der Waals surface area contributed by atoms with E-state index in [9.17, 15) is 9.59 Å². The normalized spacial score (nSPS) is 12.9. The second-order valence-corrected chi connectivity index (χ2v) is 6.23. The van der Waals surface area contributed by atoms with Crippen LogP contribution in [0.4, 0.5) is 0 Å². The van der Waals surface area contributed by atoms with Crippen LogP contribution in [0.25, 0.3) is 0 Å². The minimum atomic E-state index is -0.556. The SMILES string of the molecule is CC(C)CCC(C(N)=O)n1cc(CCN(C)C)ccc1=O. The third-order valence-corrected chi connectivity index (χ3v) is 3.53. The standard InChI is InChI=1S/C16H27N3O2/c1-12(2)5-7-14(16(17)21)19-11-13(6-8-15(19)20)9-10-18(3)4/h6,8,11-12,14H,5,7,9-10H2,1-4H3,(H2,17,21). The summed E-state index contributed by atoms with van der Waals surface area (Å²) in [7, 11) is 4.01. The molecule has 0 spiro atoms. The lowest BCUT2D eigenvalue weighted by Gasteiger charge is -2.19. The zero-order chi connectivity index (χ0) is 16.0. The van der Waals surface area contributed by atoms with E-state index in [0.29, 0.717) is 12.3 Å². The molecular formula is C16H27N3O2. The molecule has 21 heavy (non-hydrogen) atoms. The quantitative estimate of drug-likeness (QED) is 0.788. The first kappa shape index (κ1) is 17.4. The summed E-state index contributed by atoms with van der Waals surface area (Å²) < 4.78 is 1.50. The van der Waals surface area contributed by atoms with Gasteiger partial charge >= 0.3 is 0 Å². The molecule has 2 N–H and O–H groups in total. The Labute approximate surface area is 126 Å². The maximum absolute atomic E-state index is 12.0. The first-order valence-electron chi connectivity index (χ1n) is 7.46. The smallest absolute Gasteiger partial charge is 0.251 e. The summed E-state index contributed by atoms with van der Waals surface area (Å²) >= 11 is 0. The number of nitrogens with two attached hydrogens (primary N) is 1. The molecule has 1 amide bonds. The van der Waals surface area contributed by atoms with Gasteiger partial charge in [0.05, 0.1) is 0 Å². The summed E-state index contributed by atoms with van der Waals surface area (Å²) in [6, 6.07) is 2.79. The van der Waals surface area contributed by atoms with E-state index >= 15 is 0 Å². The Morgan fingerprint density at radius 1 is 1.29 bits per heavy atom. The Morgan fingerprint density at radius 3 is 2.48 bits per heavy atom. The lowest BCUT2D eigenvalue weighted by atomic mass is 10.0. The molecular weight excluding hydrogens is 266 g/mol. The fraction of sp³-hybridized carbons (Fsp3) is 0.625. The number of hydrogen-bond acceptors (Lipinski definition) is 3. The Bertz CT molecular complexity index is 520. The molecule has 0 saturated heterocycles. The first-order chi connectivity index (χ1) is 9.81. The summed E-state index contributed by atoms with van der Waals surface area (Å²) in [5.74, 6) is 0.0296. The van der Waals surface area contributed by atoms with Gasteiger partial charge in [0.15, 0.2) is 0 Å². The van der Waals surface area contributed by atoms with E-state index in [1.165, 1.54) is 10.6 Å². The van der Waals surface area contributed by atoms with Gasteiger partial charge in [0, 0.05) is 18.8 Å². The number of aromatic nitrogens is 1. The van der Waals surface area contributed by atoms with Gasteiger partial charge in [0.25, 0.3) is 5.56 Å². The van der Waals surface area contributed by atoms with Crippen LogP contribution in [0.5, 0.6) is 0 Å². The van der Waals surface area contributed by atoms with Crippen molar-refractivity contribution in [1.82, 2.24) is 9.47 Å². The summed E-state index contributed by atoms with van der Waals surface area (Å²) in [5.41, 5.74) is 6.36. The van der Waals surface area contributed by atoms with Crippen LogP contribution in [-0.4, -0.2) is 36.0 Å². The third kappa shape index (κ3) is 5.71. The fourth-order valence-corrected chi connectivity index (χ4v) is 2.20. The lowest BCUT2D eigenvalue weighted by molar-refractivity contribution is -0.121. The minimum Gasteiger partial charge on any atom is -0.368 e. The van der Waals surface area contributed by atoms with Crippen molar-refractivity contribution in [3.63, 3.8) is 0 Å². The number of pyridine rings is 1. The van der Waals surface area contributed by atoms with Gasteiger partial charge < -0.3 is 15.2 Å². The molecule has 1 rings (SSSR count). The van der Waals surface area contributed by atoms with Crippen molar-refractivity contribution in [3.05, 3.63) is 34.2 Å². The molecule has 1 unspecified atom stereocenters. The van der Waals surface area contributed by atoms with E-state index < -0.39 is 11.9 Å². The molecule has 0 fully saturated rings. The molecule has 0 aliphatic carbocycles. The third-order valence-electron chi connectivity index (χ3n) is 3.53. The van der Waals surface area contributed by atoms with Crippen molar-refractivity contribution < 1.29 is 4.79 Å². The lowest BCUT2D eigenvalue weighted by Crippen LogP contribution is -2.34. The van der Waals surface area contributed by atoms with Gasteiger partial charge in [-0.3, -0.25) is 9.59 Å². The summed E-state index contributed by atoms with van der Waals surface area (Å²) in [6.07, 6.45) is 4.08. The molecule has 0 aromatic carbocycles. The number of carbonyl (C=O) groups is 1. The molecule has 1 atom stereocenters. The highest BCUT2D eigenvalue weighted by atomic mass is 16.2. The average molecular weight is 293 g/mol. The van der Waals surface area contributed by atoms with E-state index in [4.69, 9.17) is 5.73 Å². The fourth-order valence-electron chi connectivity index (χ4n) is 2.20. The number of rotatable bonds is 8. The maximum Gasteiger partial charge on any atom is 0.251 e. The number of likely N-dealkylation sites (N-methyl/N-ethyl adjacent to an activating group) is 1. The summed E-state index contributed by atoms with van der Waals surface area (Å²) in [4.78, 5) is 25.8. The molecule has 0 bridgehead atoms. The van der Waals surface area contributed by atoms with Crippen LogP contribution in [0.1, 0.15) is 38.3 Å². The number of primary amides is 1. The molecule has 1 heterocycles. The van der Waals surface area contributed by atoms with Crippen LogP contribution in [0.15, 0.2) is 23.1 Å². The molecule has 0 aliphatic rings.